The molecule has 0 fully saturated rings. The first-order valence-electron chi connectivity index (χ1n) is 5.57. The molecule has 3 aromatic rings. The summed E-state index contributed by atoms with van der Waals surface area (Å²) in [5.74, 6) is 0.668. The SMILES string of the molecule is Nc1cc(SCc2ccccc2F)c2nn[nH]c2n1. The smallest absolute Gasteiger partial charge is 0.179 e. The maximum Gasteiger partial charge on any atom is 0.179 e. The topological polar surface area (TPSA) is 80.5 Å². The molecule has 0 saturated carbocycles. The van der Waals surface area contributed by atoms with Crippen molar-refractivity contribution in [3.63, 3.8) is 0 Å². The van der Waals surface area contributed by atoms with Crippen LogP contribution < -0.4 is 5.73 Å². The molecule has 0 aliphatic rings. The van der Waals surface area contributed by atoms with Gasteiger partial charge in [0.2, 0.25) is 0 Å². The quantitative estimate of drug-likeness (QED) is 0.717. The molecule has 0 bridgehead atoms. The van der Waals surface area contributed by atoms with Crippen LogP contribution in [0.3, 0.4) is 0 Å². The summed E-state index contributed by atoms with van der Waals surface area (Å²) in [5, 5.41) is 10.3. The van der Waals surface area contributed by atoms with Crippen LogP contribution in [-0.2, 0) is 5.75 Å². The summed E-state index contributed by atoms with van der Waals surface area (Å²) < 4.78 is 13.5. The Morgan fingerprint density at radius 2 is 2.16 bits per heavy atom. The molecule has 2 heterocycles. The predicted octanol–water partition coefficient (Wildman–Crippen LogP) is 2.37. The number of halogens is 1. The van der Waals surface area contributed by atoms with Crippen molar-refractivity contribution in [2.45, 2.75) is 10.6 Å². The molecule has 3 rings (SSSR count). The highest BCUT2D eigenvalue weighted by Crippen LogP contribution is 2.29. The fourth-order valence-electron chi connectivity index (χ4n) is 1.71. The average molecular weight is 275 g/mol. The minimum absolute atomic E-state index is 0.214. The lowest BCUT2D eigenvalue weighted by Crippen LogP contribution is -1.92. The van der Waals surface area contributed by atoms with Crippen molar-refractivity contribution < 1.29 is 4.39 Å². The zero-order valence-electron chi connectivity index (χ0n) is 9.80. The van der Waals surface area contributed by atoms with Crippen LogP contribution in [-0.4, -0.2) is 20.4 Å². The normalized spacial score (nSPS) is 11.0. The number of nitrogens with zero attached hydrogens (tertiary/aromatic N) is 3. The molecule has 0 radical (unpaired) electrons. The van der Waals surface area contributed by atoms with Gasteiger partial charge in [-0.3, -0.25) is 0 Å². The molecule has 1 aromatic carbocycles. The van der Waals surface area contributed by atoms with E-state index in [-0.39, 0.29) is 5.82 Å². The van der Waals surface area contributed by atoms with Gasteiger partial charge >= 0.3 is 0 Å². The Balaban J connectivity index is 1.90. The number of hydrogen-bond donors (Lipinski definition) is 2. The van der Waals surface area contributed by atoms with Crippen molar-refractivity contribution in [2.24, 2.45) is 0 Å². The molecule has 2 aromatic heterocycles. The first kappa shape index (κ1) is 11.9. The van der Waals surface area contributed by atoms with E-state index in [2.05, 4.69) is 20.4 Å². The number of hydrogen-bond acceptors (Lipinski definition) is 5. The van der Waals surface area contributed by atoms with Crippen molar-refractivity contribution in [1.29, 1.82) is 0 Å². The van der Waals surface area contributed by atoms with Gasteiger partial charge in [-0.25, -0.2) is 14.5 Å². The van der Waals surface area contributed by atoms with Gasteiger partial charge in [-0.15, -0.1) is 16.9 Å². The summed E-state index contributed by atoms with van der Waals surface area (Å²) in [7, 11) is 0. The van der Waals surface area contributed by atoms with Gasteiger partial charge in [0.15, 0.2) is 5.65 Å². The lowest BCUT2D eigenvalue weighted by molar-refractivity contribution is 0.617. The van der Waals surface area contributed by atoms with Crippen molar-refractivity contribution >= 4 is 28.7 Å². The highest BCUT2D eigenvalue weighted by atomic mass is 32.2. The van der Waals surface area contributed by atoms with E-state index in [1.54, 1.807) is 18.2 Å². The number of nitrogen functional groups attached to an aromatic ring is 1. The Morgan fingerprint density at radius 1 is 1.32 bits per heavy atom. The summed E-state index contributed by atoms with van der Waals surface area (Å²) in [5.41, 5.74) is 7.53. The number of aromatic nitrogens is 4. The fraction of sp³-hybridized carbons (Fsp3) is 0.0833. The van der Waals surface area contributed by atoms with Gasteiger partial charge in [-0.05, 0) is 17.7 Å². The minimum atomic E-state index is -0.214. The largest absolute Gasteiger partial charge is 0.384 e. The number of H-pyrrole nitrogens is 1. The Labute approximate surface area is 112 Å². The second-order valence-electron chi connectivity index (χ2n) is 3.93. The Kier molecular flexibility index (Phi) is 3.04. The van der Waals surface area contributed by atoms with E-state index in [0.717, 1.165) is 4.90 Å². The van der Waals surface area contributed by atoms with Gasteiger partial charge in [-0.1, -0.05) is 23.4 Å². The summed E-state index contributed by atoms with van der Waals surface area (Å²) in [6.07, 6.45) is 0. The van der Waals surface area contributed by atoms with E-state index in [0.29, 0.717) is 28.3 Å². The maximum atomic E-state index is 13.5. The Morgan fingerprint density at radius 3 is 3.00 bits per heavy atom. The van der Waals surface area contributed by atoms with Crippen LogP contribution in [0, 0.1) is 5.82 Å². The van der Waals surface area contributed by atoms with E-state index in [1.807, 2.05) is 6.07 Å². The molecule has 96 valence electrons. The van der Waals surface area contributed by atoms with Gasteiger partial charge in [-0.2, -0.15) is 0 Å². The number of nitrogens with two attached hydrogens (primary N) is 1. The number of fused-ring (bicyclic) bond motifs is 1. The van der Waals surface area contributed by atoms with Gasteiger partial charge in [0.05, 0.1) is 0 Å². The summed E-state index contributed by atoms with van der Waals surface area (Å²) in [6.45, 7) is 0. The van der Waals surface area contributed by atoms with E-state index < -0.39 is 0 Å². The van der Waals surface area contributed by atoms with Gasteiger partial charge < -0.3 is 5.73 Å². The molecule has 0 spiro atoms. The third kappa shape index (κ3) is 2.37. The zero-order valence-corrected chi connectivity index (χ0v) is 10.6. The van der Waals surface area contributed by atoms with E-state index in [4.69, 9.17) is 5.73 Å². The lowest BCUT2D eigenvalue weighted by atomic mass is 10.2. The third-order valence-electron chi connectivity index (χ3n) is 2.62. The number of nitrogens with one attached hydrogen (secondary N) is 1. The van der Waals surface area contributed by atoms with Crippen molar-refractivity contribution in [3.05, 3.63) is 41.7 Å². The summed E-state index contributed by atoms with van der Waals surface area (Å²) >= 11 is 1.45. The second-order valence-corrected chi connectivity index (χ2v) is 4.95. The number of aromatic amines is 1. The van der Waals surface area contributed by atoms with Gasteiger partial charge in [0, 0.05) is 10.6 Å². The van der Waals surface area contributed by atoms with Crippen molar-refractivity contribution in [2.75, 3.05) is 5.73 Å². The molecule has 0 aliphatic heterocycles. The number of pyridine rings is 1. The molecule has 3 N–H and O–H groups in total. The molecule has 0 unspecified atom stereocenters. The van der Waals surface area contributed by atoms with Crippen LogP contribution in [0.1, 0.15) is 5.56 Å². The molecular weight excluding hydrogens is 265 g/mol. The van der Waals surface area contributed by atoms with Crippen LogP contribution in [0.2, 0.25) is 0 Å². The zero-order chi connectivity index (χ0) is 13.2. The number of benzene rings is 1. The van der Waals surface area contributed by atoms with Crippen molar-refractivity contribution in [3.8, 4) is 0 Å². The Bertz CT molecular complexity index is 727. The first-order valence-corrected chi connectivity index (χ1v) is 6.56. The number of rotatable bonds is 3. The lowest BCUT2D eigenvalue weighted by Gasteiger charge is -2.04. The van der Waals surface area contributed by atoms with Crippen LogP contribution in [0.4, 0.5) is 10.2 Å². The fourth-order valence-corrected chi connectivity index (χ4v) is 2.74. The van der Waals surface area contributed by atoms with Gasteiger partial charge in [0.1, 0.15) is 17.2 Å². The molecule has 5 nitrogen and oxygen atoms in total. The molecular formula is C12H10FN5S. The number of thioether (sulfide) groups is 1. The highest BCUT2D eigenvalue weighted by molar-refractivity contribution is 7.98. The molecule has 0 atom stereocenters. The maximum absolute atomic E-state index is 13.5. The average Bonchev–Trinajstić information content (AvgIpc) is 2.85. The van der Waals surface area contributed by atoms with Crippen LogP contribution in [0.15, 0.2) is 35.2 Å². The molecule has 0 saturated heterocycles. The summed E-state index contributed by atoms with van der Waals surface area (Å²) in [6, 6.07) is 8.40. The van der Waals surface area contributed by atoms with E-state index in [9.17, 15) is 4.39 Å². The predicted molar refractivity (Wildman–Crippen MR) is 72.1 cm³/mol. The Hall–Kier alpha value is -2.15. The van der Waals surface area contributed by atoms with Crippen LogP contribution in [0.25, 0.3) is 11.2 Å². The standard InChI is InChI=1S/C12H10FN5S/c13-8-4-2-1-3-7(8)6-19-9-5-10(14)15-12-11(9)16-18-17-12/h1-5H,6H2,(H3,14,15,16,17,18). The molecule has 7 heteroatoms. The van der Waals surface area contributed by atoms with E-state index in [1.165, 1.54) is 17.8 Å². The monoisotopic (exact) mass is 275 g/mol. The highest BCUT2D eigenvalue weighted by Gasteiger charge is 2.10. The minimum Gasteiger partial charge on any atom is -0.384 e. The van der Waals surface area contributed by atoms with Crippen molar-refractivity contribution in [1.82, 2.24) is 20.4 Å². The second kappa shape index (κ2) is 4.85. The first-order chi connectivity index (χ1) is 9.24. The van der Waals surface area contributed by atoms with Crippen LogP contribution in [0.5, 0.6) is 0 Å². The molecule has 19 heavy (non-hydrogen) atoms. The van der Waals surface area contributed by atoms with E-state index >= 15 is 0 Å². The summed E-state index contributed by atoms with van der Waals surface area (Å²) in [4.78, 5) is 4.91. The van der Waals surface area contributed by atoms with Gasteiger partial charge in [0.25, 0.3) is 0 Å². The third-order valence-corrected chi connectivity index (χ3v) is 3.70. The number of anilines is 1. The van der Waals surface area contributed by atoms with Crippen LogP contribution >= 0.6 is 11.8 Å². The molecule has 0 aliphatic carbocycles. The molecule has 0 amide bonds.